The molecule has 0 spiro atoms. The monoisotopic (exact) mass is 491 g/mol. The van der Waals surface area contributed by atoms with Crippen LogP contribution in [0.5, 0.6) is 11.5 Å². The molecule has 0 N–H and O–H groups in total. The van der Waals surface area contributed by atoms with Crippen LogP contribution in [0.1, 0.15) is 34.5 Å². The number of hydrogen-bond acceptors (Lipinski definition) is 5. The maximum Gasteiger partial charge on any atom is 0.272 e. The molecule has 1 aliphatic heterocycles. The predicted octanol–water partition coefficient (Wildman–Crippen LogP) is 4.83. The molecule has 4 rings (SSSR count). The van der Waals surface area contributed by atoms with Crippen molar-refractivity contribution in [1.29, 1.82) is 0 Å². The SMILES string of the molecule is COc1cccc(CC(C2CCN(Cc3ccc(F)c(OC)c3)CC2)N(C)C(=O)c2ccccn2)c1. The lowest BCUT2D eigenvalue weighted by Crippen LogP contribution is -2.47. The van der Waals surface area contributed by atoms with Gasteiger partial charge in [0.1, 0.15) is 11.4 Å². The summed E-state index contributed by atoms with van der Waals surface area (Å²) in [5, 5.41) is 0. The van der Waals surface area contributed by atoms with Crippen molar-refractivity contribution in [1.82, 2.24) is 14.8 Å². The van der Waals surface area contributed by atoms with Crippen LogP contribution in [-0.2, 0) is 13.0 Å². The van der Waals surface area contributed by atoms with Gasteiger partial charge in [0.2, 0.25) is 0 Å². The molecule has 0 bridgehead atoms. The lowest BCUT2D eigenvalue weighted by molar-refractivity contribution is 0.0579. The minimum Gasteiger partial charge on any atom is -0.497 e. The average molecular weight is 492 g/mol. The molecule has 2 aromatic carbocycles. The Morgan fingerprint density at radius 3 is 2.56 bits per heavy atom. The van der Waals surface area contributed by atoms with E-state index in [1.165, 1.54) is 13.2 Å². The Bertz CT molecular complexity index is 1150. The molecular weight excluding hydrogens is 457 g/mol. The second-order valence-corrected chi connectivity index (χ2v) is 9.34. The number of halogens is 1. The van der Waals surface area contributed by atoms with E-state index in [4.69, 9.17) is 9.47 Å². The number of carbonyl (C=O) groups excluding carboxylic acids is 1. The Kier molecular flexibility index (Phi) is 8.54. The average Bonchev–Trinajstić information content (AvgIpc) is 2.93. The predicted molar refractivity (Wildman–Crippen MR) is 138 cm³/mol. The standard InChI is InChI=1S/C29H34FN3O3/c1-32(29(34)26-9-4-5-14-31-26)27(18-21-7-6-8-24(17-21)35-2)23-12-15-33(16-13-23)20-22-10-11-25(30)28(19-22)36-3/h4-11,14,17,19,23,27H,12-13,15-16,18,20H2,1-3H3. The van der Waals surface area contributed by atoms with Gasteiger partial charge >= 0.3 is 0 Å². The Morgan fingerprint density at radius 1 is 1.06 bits per heavy atom. The quantitative estimate of drug-likeness (QED) is 0.429. The van der Waals surface area contributed by atoms with E-state index in [2.05, 4.69) is 16.0 Å². The number of hydrogen-bond donors (Lipinski definition) is 0. The fraction of sp³-hybridized carbons (Fsp3) is 0.379. The summed E-state index contributed by atoms with van der Waals surface area (Å²) < 4.78 is 24.4. The number of pyridine rings is 1. The molecule has 1 aliphatic rings. The van der Waals surface area contributed by atoms with Crippen LogP contribution in [0.15, 0.2) is 66.9 Å². The number of rotatable bonds is 9. The first-order valence-electron chi connectivity index (χ1n) is 12.3. The molecule has 3 aromatic rings. The third kappa shape index (κ3) is 6.21. The highest BCUT2D eigenvalue weighted by Gasteiger charge is 2.32. The highest BCUT2D eigenvalue weighted by molar-refractivity contribution is 5.92. The molecule has 1 saturated heterocycles. The van der Waals surface area contributed by atoms with Gasteiger partial charge in [0.25, 0.3) is 5.91 Å². The summed E-state index contributed by atoms with van der Waals surface area (Å²) in [7, 11) is 5.04. The summed E-state index contributed by atoms with van der Waals surface area (Å²) in [6.07, 6.45) is 4.33. The Morgan fingerprint density at radius 2 is 1.86 bits per heavy atom. The van der Waals surface area contributed by atoms with Gasteiger partial charge in [0.05, 0.1) is 14.2 Å². The fourth-order valence-corrected chi connectivity index (χ4v) is 5.04. The van der Waals surface area contributed by atoms with Gasteiger partial charge in [0, 0.05) is 25.8 Å². The molecule has 1 amide bonds. The van der Waals surface area contributed by atoms with Crippen molar-refractivity contribution in [3.63, 3.8) is 0 Å². The van der Waals surface area contributed by atoms with E-state index in [0.717, 1.165) is 55.8 Å². The van der Waals surface area contributed by atoms with Gasteiger partial charge in [0.15, 0.2) is 11.6 Å². The van der Waals surface area contributed by atoms with Crippen LogP contribution in [0.2, 0.25) is 0 Å². The van der Waals surface area contributed by atoms with Crippen LogP contribution in [0.4, 0.5) is 4.39 Å². The number of ether oxygens (including phenoxy) is 2. The Labute approximate surface area is 212 Å². The highest BCUT2D eigenvalue weighted by atomic mass is 19.1. The normalized spacial score (nSPS) is 15.3. The van der Waals surface area contributed by atoms with Crippen molar-refractivity contribution in [2.75, 3.05) is 34.4 Å². The number of piperidine rings is 1. The third-order valence-electron chi connectivity index (χ3n) is 7.08. The van der Waals surface area contributed by atoms with Crippen LogP contribution in [0.3, 0.4) is 0 Å². The first-order valence-corrected chi connectivity index (χ1v) is 12.3. The summed E-state index contributed by atoms with van der Waals surface area (Å²) in [4.78, 5) is 21.9. The smallest absolute Gasteiger partial charge is 0.272 e. The van der Waals surface area contributed by atoms with Crippen LogP contribution in [0, 0.1) is 11.7 Å². The number of amides is 1. The van der Waals surface area contributed by atoms with Crippen LogP contribution >= 0.6 is 0 Å². The molecule has 0 aliphatic carbocycles. The Balaban J connectivity index is 1.48. The Hall–Kier alpha value is -3.45. The number of likely N-dealkylation sites (N-methyl/N-ethyl adjacent to an activating group) is 1. The largest absolute Gasteiger partial charge is 0.497 e. The number of methoxy groups -OCH3 is 2. The number of nitrogens with zero attached hydrogens (tertiary/aromatic N) is 3. The number of aromatic nitrogens is 1. The molecule has 36 heavy (non-hydrogen) atoms. The molecule has 6 nitrogen and oxygen atoms in total. The van der Waals surface area contributed by atoms with Crippen LogP contribution < -0.4 is 9.47 Å². The van der Waals surface area contributed by atoms with Crippen LogP contribution in [0.25, 0.3) is 0 Å². The lowest BCUT2D eigenvalue weighted by atomic mass is 9.84. The van der Waals surface area contributed by atoms with Crippen LogP contribution in [-0.4, -0.2) is 61.1 Å². The first kappa shape index (κ1) is 25.6. The second-order valence-electron chi connectivity index (χ2n) is 9.34. The molecule has 1 unspecified atom stereocenters. The second kappa shape index (κ2) is 12.0. The zero-order valence-corrected chi connectivity index (χ0v) is 21.2. The minimum atomic E-state index is -0.346. The van der Waals surface area contributed by atoms with E-state index < -0.39 is 0 Å². The molecule has 0 saturated carbocycles. The van der Waals surface area contributed by atoms with Crippen molar-refractivity contribution in [3.05, 3.63) is 89.5 Å². The zero-order chi connectivity index (χ0) is 25.5. The summed E-state index contributed by atoms with van der Waals surface area (Å²) in [5.41, 5.74) is 2.63. The first-order chi connectivity index (χ1) is 17.5. The maximum absolute atomic E-state index is 13.8. The maximum atomic E-state index is 13.8. The van der Waals surface area contributed by atoms with Crippen molar-refractivity contribution in [2.45, 2.75) is 31.8 Å². The van der Waals surface area contributed by atoms with Crippen molar-refractivity contribution in [3.8, 4) is 11.5 Å². The summed E-state index contributed by atoms with van der Waals surface area (Å²) in [6, 6.07) is 18.6. The van der Waals surface area contributed by atoms with Gasteiger partial charge in [-0.3, -0.25) is 14.7 Å². The number of carbonyl (C=O) groups is 1. The van der Waals surface area contributed by atoms with E-state index in [1.54, 1.807) is 25.4 Å². The third-order valence-corrected chi connectivity index (χ3v) is 7.08. The van der Waals surface area contributed by atoms with Gasteiger partial charge in [-0.2, -0.15) is 0 Å². The van der Waals surface area contributed by atoms with E-state index in [-0.39, 0.29) is 23.5 Å². The van der Waals surface area contributed by atoms with Gasteiger partial charge in [-0.25, -0.2) is 4.39 Å². The summed E-state index contributed by atoms with van der Waals surface area (Å²) in [6.45, 7) is 2.56. The molecule has 190 valence electrons. The van der Waals surface area contributed by atoms with E-state index >= 15 is 0 Å². The molecule has 1 aromatic heterocycles. The highest BCUT2D eigenvalue weighted by Crippen LogP contribution is 2.29. The van der Waals surface area contributed by atoms with Gasteiger partial charge in [-0.15, -0.1) is 0 Å². The molecule has 7 heteroatoms. The van der Waals surface area contributed by atoms with Crippen molar-refractivity contribution >= 4 is 5.91 Å². The van der Waals surface area contributed by atoms with Crippen molar-refractivity contribution < 1.29 is 18.7 Å². The summed E-state index contributed by atoms with van der Waals surface area (Å²) in [5.74, 6) is 1.02. The number of likely N-dealkylation sites (tertiary alicyclic amines) is 1. The van der Waals surface area contributed by atoms with Crippen molar-refractivity contribution in [2.24, 2.45) is 5.92 Å². The zero-order valence-electron chi connectivity index (χ0n) is 21.2. The minimum absolute atomic E-state index is 0.0275. The van der Waals surface area contributed by atoms with E-state index in [0.29, 0.717) is 11.6 Å². The molecule has 1 atom stereocenters. The molecular formula is C29H34FN3O3. The molecule has 1 fully saturated rings. The molecule has 0 radical (unpaired) electrons. The molecule has 2 heterocycles. The van der Waals surface area contributed by atoms with Gasteiger partial charge < -0.3 is 14.4 Å². The summed E-state index contributed by atoms with van der Waals surface area (Å²) >= 11 is 0. The lowest BCUT2D eigenvalue weighted by Gasteiger charge is -2.40. The fourth-order valence-electron chi connectivity index (χ4n) is 5.04. The topological polar surface area (TPSA) is 54.9 Å². The van der Waals surface area contributed by atoms with Gasteiger partial charge in [-0.05, 0) is 85.8 Å². The van der Waals surface area contributed by atoms with Gasteiger partial charge in [-0.1, -0.05) is 24.3 Å². The number of benzene rings is 2. The van der Waals surface area contributed by atoms with E-state index in [9.17, 15) is 9.18 Å². The van der Waals surface area contributed by atoms with E-state index in [1.807, 2.05) is 48.3 Å².